The second-order valence-electron chi connectivity index (χ2n) is 11.0. The van der Waals surface area contributed by atoms with Crippen molar-refractivity contribution in [3.05, 3.63) is 41.0 Å². The summed E-state index contributed by atoms with van der Waals surface area (Å²) in [6.45, 7) is 1.93. The van der Waals surface area contributed by atoms with Gasteiger partial charge in [0.2, 0.25) is 12.5 Å². The first-order valence-electron chi connectivity index (χ1n) is 13.8. The Morgan fingerprint density at radius 3 is 2.26 bits per heavy atom. The Kier molecular flexibility index (Phi) is 6.83. The van der Waals surface area contributed by atoms with Gasteiger partial charge in [-0.3, -0.25) is 4.79 Å². The number of aliphatic hydroxyl groups excluding tert-OH is 2. The van der Waals surface area contributed by atoms with Crippen LogP contribution in [0, 0.1) is 11.8 Å². The molecule has 13 heteroatoms. The summed E-state index contributed by atoms with van der Waals surface area (Å²) >= 11 is 0. The van der Waals surface area contributed by atoms with Gasteiger partial charge >= 0.3 is 5.97 Å². The van der Waals surface area contributed by atoms with Gasteiger partial charge in [-0.25, -0.2) is 0 Å². The zero-order chi connectivity index (χ0) is 29.3. The fourth-order valence-electron chi connectivity index (χ4n) is 6.74. The summed E-state index contributed by atoms with van der Waals surface area (Å²) in [6.07, 6.45) is -6.80. The smallest absolute Gasteiger partial charge is 0.310 e. The Morgan fingerprint density at radius 1 is 0.881 bits per heavy atom. The number of aliphatic hydroxyl groups is 2. The van der Waals surface area contributed by atoms with E-state index < -0.39 is 66.8 Å². The van der Waals surface area contributed by atoms with E-state index in [1.807, 2.05) is 0 Å². The van der Waals surface area contributed by atoms with Gasteiger partial charge < -0.3 is 58.0 Å². The van der Waals surface area contributed by atoms with Crippen molar-refractivity contribution in [2.75, 3.05) is 34.2 Å². The fourth-order valence-corrected chi connectivity index (χ4v) is 6.74. The Morgan fingerprint density at radius 2 is 1.57 bits per heavy atom. The van der Waals surface area contributed by atoms with Crippen molar-refractivity contribution in [1.29, 1.82) is 0 Å². The summed E-state index contributed by atoms with van der Waals surface area (Å²) < 4.78 is 51.5. The van der Waals surface area contributed by atoms with Crippen molar-refractivity contribution in [2.24, 2.45) is 11.8 Å². The summed E-state index contributed by atoms with van der Waals surface area (Å²) in [7, 11) is 2.86. The highest BCUT2D eigenvalue weighted by atomic mass is 16.8. The molecule has 3 fully saturated rings. The monoisotopic (exact) mass is 588 g/mol. The molecular formula is C29H32O13. The third-order valence-corrected chi connectivity index (χ3v) is 8.75. The molecule has 2 aromatic carbocycles. The van der Waals surface area contributed by atoms with Crippen molar-refractivity contribution in [1.82, 2.24) is 0 Å². The molecule has 0 amide bonds. The minimum Gasteiger partial charge on any atom is -0.502 e. The predicted molar refractivity (Wildman–Crippen MR) is 138 cm³/mol. The number of benzene rings is 2. The molecule has 3 N–H and O–H groups in total. The van der Waals surface area contributed by atoms with Crippen LogP contribution in [0.4, 0.5) is 0 Å². The van der Waals surface area contributed by atoms with Crippen molar-refractivity contribution >= 4 is 5.97 Å². The molecule has 0 aromatic heterocycles. The van der Waals surface area contributed by atoms with Crippen LogP contribution in [0.1, 0.15) is 35.6 Å². The van der Waals surface area contributed by atoms with Crippen LogP contribution in [-0.2, 0) is 28.5 Å². The number of phenolic OH excluding ortho intramolecular Hbond substituents is 1. The minimum absolute atomic E-state index is 0.0301. The minimum atomic E-state index is -1.44. The van der Waals surface area contributed by atoms with E-state index in [1.54, 1.807) is 31.2 Å². The lowest BCUT2D eigenvalue weighted by molar-refractivity contribution is -0.364. The first-order chi connectivity index (χ1) is 20.3. The van der Waals surface area contributed by atoms with E-state index in [0.29, 0.717) is 28.2 Å². The van der Waals surface area contributed by atoms with Crippen molar-refractivity contribution in [3.63, 3.8) is 0 Å². The molecule has 226 valence electrons. The maximum Gasteiger partial charge on any atom is 0.310 e. The average Bonchev–Trinajstić information content (AvgIpc) is 3.61. The molecule has 5 aliphatic rings. The fraction of sp³-hybridized carbons (Fsp3) is 0.552. The molecule has 7 rings (SSSR count). The Bertz CT molecular complexity index is 1350. The second kappa shape index (κ2) is 10.4. The van der Waals surface area contributed by atoms with Crippen LogP contribution in [-0.4, -0.2) is 92.5 Å². The van der Waals surface area contributed by atoms with E-state index in [4.69, 9.17) is 42.6 Å². The normalized spacial score (nSPS) is 36.5. The number of rotatable bonds is 5. The first-order valence-corrected chi connectivity index (χ1v) is 13.8. The number of esters is 1. The van der Waals surface area contributed by atoms with E-state index in [0.717, 1.165) is 0 Å². The van der Waals surface area contributed by atoms with E-state index in [-0.39, 0.29) is 37.3 Å². The molecule has 2 aromatic rings. The molecule has 0 bridgehead atoms. The molecular weight excluding hydrogens is 556 g/mol. The van der Waals surface area contributed by atoms with Gasteiger partial charge in [-0.1, -0.05) is 0 Å². The molecule has 0 spiro atoms. The summed E-state index contributed by atoms with van der Waals surface area (Å²) in [5.74, 6) is -1.02. The zero-order valence-corrected chi connectivity index (χ0v) is 23.1. The van der Waals surface area contributed by atoms with Gasteiger partial charge in [-0.15, -0.1) is 0 Å². The lowest BCUT2D eigenvalue weighted by Crippen LogP contribution is -2.63. The van der Waals surface area contributed by atoms with Gasteiger partial charge in [0.05, 0.1) is 39.5 Å². The molecule has 4 aliphatic heterocycles. The molecule has 4 heterocycles. The predicted octanol–water partition coefficient (Wildman–Crippen LogP) is 1.34. The topological polar surface area (TPSA) is 161 Å². The molecule has 42 heavy (non-hydrogen) atoms. The summed E-state index contributed by atoms with van der Waals surface area (Å²) in [6, 6.07) is 6.93. The van der Waals surface area contributed by atoms with Crippen LogP contribution in [0.15, 0.2) is 24.3 Å². The number of phenols is 1. The summed E-state index contributed by atoms with van der Waals surface area (Å²) in [4.78, 5) is 13.4. The number of hydrogen-bond donors (Lipinski definition) is 3. The number of methoxy groups -OCH3 is 2. The lowest BCUT2D eigenvalue weighted by atomic mass is 9.66. The molecule has 3 saturated heterocycles. The number of fused-ring (bicyclic) bond motifs is 4. The van der Waals surface area contributed by atoms with Crippen LogP contribution in [0.25, 0.3) is 0 Å². The van der Waals surface area contributed by atoms with Crippen LogP contribution in [0.2, 0.25) is 0 Å². The highest BCUT2D eigenvalue weighted by Gasteiger charge is 2.56. The Balaban J connectivity index is 1.32. The number of carbonyl (C=O) groups excluding carboxylic acids is 1. The van der Waals surface area contributed by atoms with Crippen LogP contribution in [0.3, 0.4) is 0 Å². The quantitative estimate of drug-likeness (QED) is 0.430. The van der Waals surface area contributed by atoms with Crippen LogP contribution >= 0.6 is 0 Å². The highest BCUT2D eigenvalue weighted by Crippen LogP contribution is 2.57. The van der Waals surface area contributed by atoms with Gasteiger partial charge in [0.25, 0.3) is 0 Å². The van der Waals surface area contributed by atoms with Gasteiger partial charge in [0.1, 0.15) is 24.4 Å². The van der Waals surface area contributed by atoms with E-state index in [2.05, 4.69) is 0 Å². The summed E-state index contributed by atoms with van der Waals surface area (Å²) in [5.41, 5.74) is 2.01. The molecule has 10 atom stereocenters. The van der Waals surface area contributed by atoms with E-state index >= 15 is 0 Å². The molecule has 0 saturated carbocycles. The second-order valence-corrected chi connectivity index (χ2v) is 11.0. The van der Waals surface area contributed by atoms with Gasteiger partial charge in [-0.05, 0) is 47.9 Å². The third kappa shape index (κ3) is 4.26. The Hall–Kier alpha value is -3.33. The molecule has 13 nitrogen and oxygen atoms in total. The number of hydrogen-bond acceptors (Lipinski definition) is 13. The number of carbonyl (C=O) groups is 1. The van der Waals surface area contributed by atoms with Gasteiger partial charge in [0, 0.05) is 11.8 Å². The van der Waals surface area contributed by atoms with E-state index in [9.17, 15) is 20.1 Å². The molecule has 0 unspecified atom stereocenters. The molecule has 0 radical (unpaired) electrons. The average molecular weight is 589 g/mol. The van der Waals surface area contributed by atoms with Crippen molar-refractivity contribution in [2.45, 2.75) is 55.9 Å². The number of cyclic esters (lactones) is 1. The van der Waals surface area contributed by atoms with Gasteiger partial charge in [0.15, 0.2) is 35.6 Å². The Labute approximate surface area is 240 Å². The maximum atomic E-state index is 13.4. The van der Waals surface area contributed by atoms with Gasteiger partial charge in [-0.2, -0.15) is 0 Å². The van der Waals surface area contributed by atoms with Crippen molar-refractivity contribution < 1.29 is 62.7 Å². The number of aromatic hydroxyl groups is 1. The first kappa shape index (κ1) is 27.5. The maximum absolute atomic E-state index is 13.4. The summed E-state index contributed by atoms with van der Waals surface area (Å²) in [5, 5.41) is 32.5. The zero-order valence-electron chi connectivity index (χ0n) is 23.1. The lowest BCUT2D eigenvalue weighted by Gasteiger charge is -2.47. The van der Waals surface area contributed by atoms with Crippen molar-refractivity contribution in [3.8, 4) is 28.7 Å². The largest absolute Gasteiger partial charge is 0.502 e. The highest BCUT2D eigenvalue weighted by molar-refractivity contribution is 5.79. The van der Waals surface area contributed by atoms with Crippen LogP contribution < -0.4 is 18.9 Å². The number of ether oxygens (including phenoxy) is 9. The third-order valence-electron chi connectivity index (χ3n) is 8.75. The molecule has 1 aliphatic carbocycles. The standard InChI is InChI=1S/C29H32O13/c1-11-36-9-20-27(40-11)24(31)25(32)29(41-20)42-26-14-7-17-16(38-10-39-17)6-13(14)21(22-15(26)8-37-28(22)33)12-4-18(34-2)23(30)19(5-12)35-3/h4-7,11,15,20-22,24-27,29-32H,8-10H2,1-3H3/t11-,15-,20-,21+,22-,24-,25-,26+,27-,29+/m0/s1. The SMILES string of the molecule is COc1cc([C@@H]2c3cc4c(cc3[C@@H](O[C@H]3O[C@H]5CO[C@H](C)O[C@@H]5[C@@H](O)[C@@H]3O)[C@H]3COC(=O)[C@H]23)OCO4)cc(OC)c1O. The van der Waals surface area contributed by atoms with E-state index in [1.165, 1.54) is 14.2 Å². The van der Waals surface area contributed by atoms with Crippen LogP contribution in [0.5, 0.6) is 28.7 Å².